The molecule has 7 heteroatoms. The van der Waals surface area contributed by atoms with Gasteiger partial charge in [0.25, 0.3) is 0 Å². The van der Waals surface area contributed by atoms with Crippen molar-refractivity contribution in [3.05, 3.63) is 54.1 Å². The first kappa shape index (κ1) is 22.9. The summed E-state index contributed by atoms with van der Waals surface area (Å²) < 4.78 is 27.0. The van der Waals surface area contributed by atoms with E-state index >= 15 is 0 Å². The number of amides is 2. The summed E-state index contributed by atoms with van der Waals surface area (Å²) in [6.45, 7) is 6.00. The maximum Gasteiger partial charge on any atom is 0.224 e. The van der Waals surface area contributed by atoms with Crippen LogP contribution in [0.3, 0.4) is 0 Å². The third-order valence-electron chi connectivity index (χ3n) is 5.57. The van der Waals surface area contributed by atoms with Gasteiger partial charge in [-0.15, -0.1) is 0 Å². The van der Waals surface area contributed by atoms with Crippen molar-refractivity contribution in [3.63, 3.8) is 0 Å². The SMILES string of the molecule is CC(=O)N1CCCN(CCCCC(=O)Nc2ccc(-c3ccc(F)cc3F)cc2)CC1. The second kappa shape index (κ2) is 11.0. The Kier molecular flexibility index (Phi) is 8.12. The molecule has 0 radical (unpaired) electrons. The van der Waals surface area contributed by atoms with E-state index in [2.05, 4.69) is 10.2 Å². The average molecular weight is 430 g/mol. The minimum absolute atomic E-state index is 0.0562. The number of carbonyl (C=O) groups excluding carboxylic acids is 2. The average Bonchev–Trinajstić information content (AvgIpc) is 2.98. The molecule has 166 valence electrons. The second-order valence-corrected chi connectivity index (χ2v) is 7.91. The van der Waals surface area contributed by atoms with Crippen molar-refractivity contribution in [2.24, 2.45) is 0 Å². The van der Waals surface area contributed by atoms with Gasteiger partial charge >= 0.3 is 0 Å². The number of hydrogen-bond acceptors (Lipinski definition) is 3. The predicted octanol–water partition coefficient (Wildman–Crippen LogP) is 4.29. The number of halogens is 2. The fraction of sp³-hybridized carbons (Fsp3) is 0.417. The first-order chi connectivity index (χ1) is 14.9. The van der Waals surface area contributed by atoms with Crippen LogP contribution in [0.1, 0.15) is 32.6 Å². The summed E-state index contributed by atoms with van der Waals surface area (Å²) in [5.74, 6) is -1.15. The molecule has 2 aromatic rings. The van der Waals surface area contributed by atoms with E-state index in [0.29, 0.717) is 23.2 Å². The molecule has 0 saturated carbocycles. The van der Waals surface area contributed by atoms with Crippen LogP contribution in [0, 0.1) is 11.6 Å². The van der Waals surface area contributed by atoms with Gasteiger partial charge < -0.3 is 15.1 Å². The van der Waals surface area contributed by atoms with Crippen LogP contribution in [0.4, 0.5) is 14.5 Å². The topological polar surface area (TPSA) is 52.7 Å². The summed E-state index contributed by atoms with van der Waals surface area (Å²) in [5.41, 5.74) is 1.59. The number of rotatable bonds is 7. The molecule has 2 amide bonds. The van der Waals surface area contributed by atoms with Crippen molar-refractivity contribution in [1.82, 2.24) is 9.80 Å². The standard InChI is InChI=1S/C24H29F2N3O2/c1-18(30)29-14-4-13-28(15-16-29)12-3-2-5-24(31)27-21-9-6-19(7-10-21)22-11-8-20(25)17-23(22)26/h6-11,17H,2-5,12-16H2,1H3,(H,27,31). The number of nitrogens with zero attached hydrogens (tertiary/aromatic N) is 2. The van der Waals surface area contributed by atoms with Crippen molar-refractivity contribution in [2.75, 3.05) is 38.0 Å². The van der Waals surface area contributed by atoms with Crippen LogP contribution < -0.4 is 5.32 Å². The van der Waals surface area contributed by atoms with E-state index in [1.807, 2.05) is 4.90 Å². The minimum Gasteiger partial charge on any atom is -0.342 e. The largest absolute Gasteiger partial charge is 0.342 e. The van der Waals surface area contributed by atoms with Gasteiger partial charge in [0.15, 0.2) is 0 Å². The molecule has 0 unspecified atom stereocenters. The summed E-state index contributed by atoms with van der Waals surface area (Å²) in [7, 11) is 0. The van der Waals surface area contributed by atoms with Crippen LogP contribution in [0.25, 0.3) is 11.1 Å². The zero-order valence-electron chi connectivity index (χ0n) is 17.9. The van der Waals surface area contributed by atoms with Crippen LogP contribution in [0.2, 0.25) is 0 Å². The highest BCUT2D eigenvalue weighted by Gasteiger charge is 2.16. The number of nitrogens with one attached hydrogen (secondary N) is 1. The number of carbonyl (C=O) groups is 2. The molecule has 1 fully saturated rings. The Labute approximate surface area is 182 Å². The Hall–Kier alpha value is -2.80. The summed E-state index contributed by atoms with van der Waals surface area (Å²) in [4.78, 5) is 28.0. The van der Waals surface area contributed by atoms with Gasteiger partial charge in [0, 0.05) is 50.3 Å². The van der Waals surface area contributed by atoms with Gasteiger partial charge in [-0.05, 0) is 62.2 Å². The van der Waals surface area contributed by atoms with Gasteiger partial charge in [-0.2, -0.15) is 0 Å². The van der Waals surface area contributed by atoms with Gasteiger partial charge in [0.05, 0.1) is 0 Å². The second-order valence-electron chi connectivity index (χ2n) is 7.91. The van der Waals surface area contributed by atoms with Crippen molar-refractivity contribution < 1.29 is 18.4 Å². The molecule has 0 aromatic heterocycles. The molecular weight excluding hydrogens is 400 g/mol. The van der Waals surface area contributed by atoms with E-state index in [1.54, 1.807) is 31.2 Å². The summed E-state index contributed by atoms with van der Waals surface area (Å²) >= 11 is 0. The summed E-state index contributed by atoms with van der Waals surface area (Å²) in [6, 6.07) is 10.3. The summed E-state index contributed by atoms with van der Waals surface area (Å²) in [6.07, 6.45) is 3.13. The molecule has 1 aliphatic heterocycles. The third kappa shape index (κ3) is 6.85. The minimum atomic E-state index is -0.616. The Balaban J connectivity index is 1.39. The molecule has 1 heterocycles. The van der Waals surface area contributed by atoms with E-state index in [-0.39, 0.29) is 11.8 Å². The van der Waals surface area contributed by atoms with E-state index in [1.165, 1.54) is 12.1 Å². The lowest BCUT2D eigenvalue weighted by Gasteiger charge is -2.20. The zero-order chi connectivity index (χ0) is 22.2. The summed E-state index contributed by atoms with van der Waals surface area (Å²) in [5, 5.41) is 2.86. The van der Waals surface area contributed by atoms with E-state index < -0.39 is 11.6 Å². The Morgan fingerprint density at radius 1 is 0.968 bits per heavy atom. The predicted molar refractivity (Wildman–Crippen MR) is 118 cm³/mol. The molecule has 1 N–H and O–H groups in total. The highest BCUT2D eigenvalue weighted by molar-refractivity contribution is 5.91. The van der Waals surface area contributed by atoms with Crippen molar-refractivity contribution in [3.8, 4) is 11.1 Å². The van der Waals surface area contributed by atoms with Crippen molar-refractivity contribution in [1.29, 1.82) is 0 Å². The van der Waals surface area contributed by atoms with Crippen molar-refractivity contribution in [2.45, 2.75) is 32.6 Å². The lowest BCUT2D eigenvalue weighted by Crippen LogP contribution is -2.34. The highest BCUT2D eigenvalue weighted by Crippen LogP contribution is 2.25. The molecule has 0 aliphatic carbocycles. The third-order valence-corrected chi connectivity index (χ3v) is 5.57. The van der Waals surface area contributed by atoms with Gasteiger partial charge in [0.1, 0.15) is 11.6 Å². The first-order valence-electron chi connectivity index (χ1n) is 10.8. The number of hydrogen-bond donors (Lipinski definition) is 1. The molecule has 5 nitrogen and oxygen atoms in total. The Morgan fingerprint density at radius 2 is 1.74 bits per heavy atom. The van der Waals surface area contributed by atoms with Gasteiger partial charge in [-0.25, -0.2) is 8.78 Å². The van der Waals surface area contributed by atoms with Crippen molar-refractivity contribution >= 4 is 17.5 Å². The van der Waals surface area contributed by atoms with Gasteiger partial charge in [-0.1, -0.05) is 12.1 Å². The molecule has 0 bridgehead atoms. The molecule has 0 spiro atoms. The van der Waals surface area contributed by atoms with Gasteiger partial charge in [0.2, 0.25) is 11.8 Å². The molecule has 1 saturated heterocycles. The Bertz CT molecular complexity index is 902. The van der Waals surface area contributed by atoms with E-state index in [4.69, 9.17) is 0 Å². The number of unbranched alkanes of at least 4 members (excludes halogenated alkanes) is 1. The normalized spacial score (nSPS) is 14.9. The molecule has 31 heavy (non-hydrogen) atoms. The molecular formula is C24H29F2N3O2. The monoisotopic (exact) mass is 429 g/mol. The number of anilines is 1. The van der Waals surface area contributed by atoms with Gasteiger partial charge in [-0.3, -0.25) is 9.59 Å². The molecule has 2 aromatic carbocycles. The van der Waals surface area contributed by atoms with Crippen LogP contribution in [0.5, 0.6) is 0 Å². The molecule has 0 atom stereocenters. The molecule has 1 aliphatic rings. The maximum atomic E-state index is 13.9. The van der Waals surface area contributed by atoms with E-state index in [9.17, 15) is 18.4 Å². The smallest absolute Gasteiger partial charge is 0.224 e. The van der Waals surface area contributed by atoms with E-state index in [0.717, 1.165) is 58.1 Å². The molecule has 3 rings (SSSR count). The first-order valence-corrected chi connectivity index (χ1v) is 10.8. The maximum absolute atomic E-state index is 13.9. The fourth-order valence-corrected chi connectivity index (χ4v) is 3.81. The lowest BCUT2D eigenvalue weighted by atomic mass is 10.0. The van der Waals surface area contributed by atoms with Crippen LogP contribution in [-0.2, 0) is 9.59 Å². The quantitative estimate of drug-likeness (QED) is 0.668. The fourth-order valence-electron chi connectivity index (χ4n) is 3.81. The van der Waals surface area contributed by atoms with Crippen LogP contribution >= 0.6 is 0 Å². The lowest BCUT2D eigenvalue weighted by molar-refractivity contribution is -0.128. The highest BCUT2D eigenvalue weighted by atomic mass is 19.1. The number of benzene rings is 2. The Morgan fingerprint density at radius 3 is 2.45 bits per heavy atom. The van der Waals surface area contributed by atoms with Crippen LogP contribution in [0.15, 0.2) is 42.5 Å². The van der Waals surface area contributed by atoms with Crippen LogP contribution in [-0.4, -0.2) is 54.3 Å². The zero-order valence-corrected chi connectivity index (χ0v) is 17.9.